The van der Waals surface area contributed by atoms with Crippen molar-refractivity contribution in [1.29, 1.82) is 0 Å². The third-order valence-electron chi connectivity index (χ3n) is 7.35. The van der Waals surface area contributed by atoms with Gasteiger partial charge in [0, 0.05) is 53.2 Å². The molecule has 3 aromatic heterocycles. The summed E-state index contributed by atoms with van der Waals surface area (Å²) in [5.74, 6) is -0.471. The molecule has 0 amide bonds. The number of rotatable bonds is 4. The fourth-order valence-corrected chi connectivity index (χ4v) is 6.51. The maximum Gasteiger partial charge on any atom is 0.164 e. The molecule has 0 unspecified atom stereocenters. The molecule has 0 radical (unpaired) electrons. The lowest BCUT2D eigenvalue weighted by Crippen LogP contribution is -1.99. The van der Waals surface area contributed by atoms with Crippen molar-refractivity contribution in [3.8, 4) is 45.3 Å². The minimum atomic E-state index is -0.593. The summed E-state index contributed by atoms with van der Waals surface area (Å²) in [5, 5.41) is 1.77. The molecule has 3 heterocycles. The number of aromatic nitrogens is 3. The number of hydrogen-bond acceptors (Lipinski definition) is 5. The molecule has 206 valence electrons. The van der Waals surface area contributed by atoms with E-state index in [1.54, 1.807) is 36.4 Å². The maximum absolute atomic E-state index is 9.52. The van der Waals surface area contributed by atoms with E-state index in [1.807, 2.05) is 36.4 Å². The standard InChI is InChI=1S/C39H23N3OS/c1-3-11-24(12-4-1)37-40-38(25-13-5-2-6-14-25)42-39(41-37)26-21-22-27-29-17-9-18-30(36(29)44-34(27)23-26)28-16-10-20-33-35(28)31-15-7-8-19-32(31)43-33/h1-23H/i1D,3D,4D,9D,11D,12D,17D,18D,21D,22D,23D. The van der Waals surface area contributed by atoms with Gasteiger partial charge in [-0.2, -0.15) is 0 Å². The van der Waals surface area contributed by atoms with E-state index >= 15 is 0 Å². The second kappa shape index (κ2) is 9.97. The molecule has 0 atom stereocenters. The van der Waals surface area contributed by atoms with Gasteiger partial charge in [-0.15, -0.1) is 11.3 Å². The maximum atomic E-state index is 9.52. The molecule has 0 aliphatic carbocycles. The summed E-state index contributed by atoms with van der Waals surface area (Å²) in [5.41, 5.74) is 2.12. The Labute approximate surface area is 272 Å². The van der Waals surface area contributed by atoms with Gasteiger partial charge in [-0.05, 0) is 23.7 Å². The van der Waals surface area contributed by atoms with Crippen LogP contribution in [-0.4, -0.2) is 15.0 Å². The molecule has 0 fully saturated rings. The zero-order valence-corrected chi connectivity index (χ0v) is 23.4. The number of fused-ring (bicyclic) bond motifs is 6. The molecular formula is C39H23N3OS. The van der Waals surface area contributed by atoms with Crippen LogP contribution in [0.1, 0.15) is 15.1 Å². The number of thiophene rings is 1. The summed E-state index contributed by atoms with van der Waals surface area (Å²) in [4.78, 5) is 13.6. The fraction of sp³-hybridized carbons (Fsp3) is 0. The summed E-state index contributed by atoms with van der Waals surface area (Å²) in [6.07, 6.45) is 0. The van der Waals surface area contributed by atoms with Gasteiger partial charge >= 0.3 is 0 Å². The van der Waals surface area contributed by atoms with Gasteiger partial charge in [0.2, 0.25) is 0 Å². The van der Waals surface area contributed by atoms with Crippen molar-refractivity contribution < 1.29 is 19.5 Å². The van der Waals surface area contributed by atoms with Crippen molar-refractivity contribution in [2.24, 2.45) is 0 Å². The van der Waals surface area contributed by atoms with Crippen LogP contribution in [0.2, 0.25) is 0 Å². The first kappa shape index (κ1) is 16.3. The third kappa shape index (κ3) is 4.02. The largest absolute Gasteiger partial charge is 0.456 e. The molecule has 0 N–H and O–H groups in total. The summed E-state index contributed by atoms with van der Waals surface area (Å²) in [6, 6.07) is 16.7. The molecule has 0 saturated carbocycles. The van der Waals surface area contributed by atoms with Crippen molar-refractivity contribution in [2.45, 2.75) is 0 Å². The number of nitrogens with zero attached hydrogens (tertiary/aromatic N) is 3. The average molecular weight is 593 g/mol. The summed E-state index contributed by atoms with van der Waals surface area (Å²) >= 11 is 1.06. The Kier molecular flexibility index (Phi) is 3.69. The lowest BCUT2D eigenvalue weighted by atomic mass is 9.98. The molecule has 44 heavy (non-hydrogen) atoms. The van der Waals surface area contributed by atoms with Crippen LogP contribution in [-0.2, 0) is 0 Å². The van der Waals surface area contributed by atoms with Crippen molar-refractivity contribution >= 4 is 53.4 Å². The van der Waals surface area contributed by atoms with Gasteiger partial charge in [0.05, 0.1) is 15.1 Å². The number of benzene rings is 6. The van der Waals surface area contributed by atoms with Gasteiger partial charge in [-0.3, -0.25) is 0 Å². The van der Waals surface area contributed by atoms with Gasteiger partial charge in [-0.25, -0.2) is 15.0 Å². The molecule has 0 aliphatic rings. The zero-order chi connectivity index (χ0) is 38.6. The minimum absolute atomic E-state index is 0.0445. The molecule has 0 bridgehead atoms. The highest BCUT2D eigenvalue weighted by Crippen LogP contribution is 2.44. The highest BCUT2D eigenvalue weighted by Gasteiger charge is 2.18. The van der Waals surface area contributed by atoms with Gasteiger partial charge in [0.25, 0.3) is 0 Å². The van der Waals surface area contributed by atoms with E-state index in [0.717, 1.165) is 16.7 Å². The molecule has 5 heteroatoms. The highest BCUT2D eigenvalue weighted by atomic mass is 32.1. The zero-order valence-electron chi connectivity index (χ0n) is 33.6. The normalized spacial score (nSPS) is 15.1. The molecule has 0 spiro atoms. The molecule has 0 saturated heterocycles. The quantitative estimate of drug-likeness (QED) is 0.204. The van der Waals surface area contributed by atoms with E-state index in [0.29, 0.717) is 37.9 Å². The Morgan fingerprint density at radius 2 is 1.27 bits per heavy atom. The third-order valence-corrected chi connectivity index (χ3v) is 8.47. The lowest BCUT2D eigenvalue weighted by molar-refractivity contribution is 0.669. The monoisotopic (exact) mass is 592 g/mol. The fourth-order valence-electron chi connectivity index (χ4n) is 5.38. The van der Waals surface area contributed by atoms with Crippen LogP contribution in [0, 0.1) is 0 Å². The molecular weight excluding hydrogens is 559 g/mol. The van der Waals surface area contributed by atoms with Gasteiger partial charge in [0.1, 0.15) is 11.2 Å². The minimum Gasteiger partial charge on any atom is -0.456 e. The number of para-hydroxylation sites is 1. The van der Waals surface area contributed by atoms with E-state index in [9.17, 15) is 4.11 Å². The van der Waals surface area contributed by atoms with E-state index in [4.69, 9.17) is 15.4 Å². The van der Waals surface area contributed by atoms with Gasteiger partial charge in [-0.1, -0.05) is 121 Å². The van der Waals surface area contributed by atoms with E-state index in [-0.39, 0.29) is 74.3 Å². The predicted octanol–water partition coefficient (Wildman–Crippen LogP) is 10.8. The van der Waals surface area contributed by atoms with Crippen molar-refractivity contribution in [3.63, 3.8) is 0 Å². The van der Waals surface area contributed by atoms with E-state index < -0.39 is 36.3 Å². The van der Waals surface area contributed by atoms with Crippen molar-refractivity contribution in [3.05, 3.63) is 139 Å². The summed E-state index contributed by atoms with van der Waals surface area (Å²) in [6.45, 7) is 0. The Bertz CT molecular complexity index is 3100. The van der Waals surface area contributed by atoms with Crippen LogP contribution in [0.3, 0.4) is 0 Å². The van der Waals surface area contributed by atoms with E-state index in [2.05, 4.69) is 15.0 Å². The molecule has 6 aromatic carbocycles. The molecule has 9 rings (SSSR count). The van der Waals surface area contributed by atoms with Gasteiger partial charge < -0.3 is 4.42 Å². The SMILES string of the molecule is [2H]c1c([2H])c([2H])c(-c2nc(-c3ccccc3)nc(-c3c([2H])c([2H])c4c(sc5c(-c6cccc7oc8ccccc8c67)c([2H])c([2H])c([2H])c54)c3[2H])n2)c([2H])c1[2H]. The van der Waals surface area contributed by atoms with Gasteiger partial charge in [0.15, 0.2) is 17.5 Å². The second-order valence-electron chi connectivity index (χ2n) is 9.96. The van der Waals surface area contributed by atoms with Crippen LogP contribution in [0.25, 0.3) is 87.4 Å². The molecule has 0 aliphatic heterocycles. The first-order valence-corrected chi connectivity index (χ1v) is 14.5. The number of furan rings is 1. The highest BCUT2D eigenvalue weighted by molar-refractivity contribution is 7.26. The Hall–Kier alpha value is -5.65. The predicted molar refractivity (Wildman–Crippen MR) is 182 cm³/mol. The topological polar surface area (TPSA) is 51.8 Å². The Morgan fingerprint density at radius 3 is 2.14 bits per heavy atom. The number of hydrogen-bond donors (Lipinski definition) is 0. The first-order valence-electron chi connectivity index (χ1n) is 19.1. The smallest absolute Gasteiger partial charge is 0.164 e. The molecule has 9 aromatic rings. The van der Waals surface area contributed by atoms with Crippen LogP contribution in [0.15, 0.2) is 144 Å². The molecule has 4 nitrogen and oxygen atoms in total. The Morgan fingerprint density at radius 1 is 0.523 bits per heavy atom. The average Bonchev–Trinajstić information content (AvgIpc) is 3.78. The second-order valence-corrected chi connectivity index (χ2v) is 11.0. The first-order chi connectivity index (χ1) is 26.4. The van der Waals surface area contributed by atoms with Crippen LogP contribution < -0.4 is 0 Å². The lowest BCUT2D eigenvalue weighted by Gasteiger charge is -2.08. The van der Waals surface area contributed by atoms with Crippen LogP contribution in [0.4, 0.5) is 0 Å². The van der Waals surface area contributed by atoms with Crippen molar-refractivity contribution in [2.75, 3.05) is 0 Å². The van der Waals surface area contributed by atoms with E-state index in [1.165, 1.54) is 0 Å². The van der Waals surface area contributed by atoms with Crippen LogP contribution >= 0.6 is 11.3 Å². The Balaban J connectivity index is 1.37. The van der Waals surface area contributed by atoms with Crippen molar-refractivity contribution in [1.82, 2.24) is 15.0 Å². The summed E-state index contributed by atoms with van der Waals surface area (Å²) < 4.78 is 104. The summed E-state index contributed by atoms with van der Waals surface area (Å²) in [7, 11) is 0. The van der Waals surface area contributed by atoms with Crippen LogP contribution in [0.5, 0.6) is 0 Å².